The molecule has 0 saturated carbocycles. The molecule has 1 amide bonds. The number of hydrogen-bond donors (Lipinski definition) is 1. The topological polar surface area (TPSA) is 70.8 Å². The van der Waals surface area contributed by atoms with Gasteiger partial charge in [-0.25, -0.2) is 0 Å². The van der Waals surface area contributed by atoms with E-state index in [0.717, 1.165) is 11.1 Å². The van der Waals surface area contributed by atoms with Crippen LogP contribution in [0.1, 0.15) is 49.5 Å². The molecule has 1 aromatic carbocycles. The molecule has 0 fully saturated rings. The summed E-state index contributed by atoms with van der Waals surface area (Å²) in [6.45, 7) is 11.0. The van der Waals surface area contributed by atoms with Crippen molar-refractivity contribution in [2.45, 2.75) is 47.6 Å². The Kier molecular flexibility index (Phi) is 4.50. The van der Waals surface area contributed by atoms with Crippen molar-refractivity contribution in [3.63, 3.8) is 0 Å². The number of aliphatic hydroxyl groups excluding tert-OH is 1. The van der Waals surface area contributed by atoms with E-state index in [4.69, 9.17) is 4.42 Å². The fourth-order valence-electron chi connectivity index (χ4n) is 3.25. The van der Waals surface area contributed by atoms with Crippen molar-refractivity contribution in [3.8, 4) is 0 Å². The molecule has 27 heavy (non-hydrogen) atoms. The zero-order chi connectivity index (χ0) is 20.1. The number of aliphatic hydroxyl groups is 1. The summed E-state index contributed by atoms with van der Waals surface area (Å²) in [4.78, 5) is 27.5. The number of carbonyl (C=O) groups excluding carboxylic acids is 2. The molecule has 2 heterocycles. The minimum absolute atomic E-state index is 0.0834. The van der Waals surface area contributed by atoms with Crippen LogP contribution in [0, 0.1) is 26.2 Å². The molecular formula is C22H25NO4. The van der Waals surface area contributed by atoms with Crippen LogP contribution in [0.25, 0.3) is 0 Å². The first-order valence-electron chi connectivity index (χ1n) is 8.97. The smallest absolute Gasteiger partial charge is 0.294 e. The molecule has 0 saturated heterocycles. The first-order valence-corrected chi connectivity index (χ1v) is 8.97. The van der Waals surface area contributed by atoms with Crippen LogP contribution in [0.5, 0.6) is 0 Å². The molecule has 0 aliphatic carbocycles. The van der Waals surface area contributed by atoms with Crippen molar-refractivity contribution in [3.05, 3.63) is 64.3 Å². The summed E-state index contributed by atoms with van der Waals surface area (Å²) >= 11 is 0. The molecule has 2 aromatic rings. The van der Waals surface area contributed by atoms with Crippen molar-refractivity contribution in [1.29, 1.82) is 0 Å². The van der Waals surface area contributed by atoms with Gasteiger partial charge in [-0.2, -0.15) is 0 Å². The maximum Gasteiger partial charge on any atom is 0.294 e. The SMILES string of the molecule is Cc1ccc(C2C(C(=O)C(C)(C)C)=C(O)C(=O)N2c2ccc(C)c(C)c2)o1. The van der Waals surface area contributed by atoms with Gasteiger partial charge < -0.3 is 9.52 Å². The van der Waals surface area contributed by atoms with Crippen molar-refractivity contribution < 1.29 is 19.1 Å². The Bertz CT molecular complexity index is 959. The van der Waals surface area contributed by atoms with E-state index < -0.39 is 23.1 Å². The van der Waals surface area contributed by atoms with Crippen LogP contribution < -0.4 is 4.90 Å². The first-order chi connectivity index (χ1) is 12.5. The van der Waals surface area contributed by atoms with E-state index in [2.05, 4.69) is 0 Å². The lowest BCUT2D eigenvalue weighted by molar-refractivity contribution is -0.123. The minimum Gasteiger partial charge on any atom is -0.503 e. The maximum atomic E-state index is 13.1. The fourth-order valence-corrected chi connectivity index (χ4v) is 3.25. The molecule has 1 aliphatic heterocycles. The summed E-state index contributed by atoms with van der Waals surface area (Å²) in [5.41, 5.74) is 2.07. The number of benzene rings is 1. The third-order valence-electron chi connectivity index (χ3n) is 4.93. The molecule has 0 spiro atoms. The lowest BCUT2D eigenvalue weighted by Crippen LogP contribution is -2.32. The van der Waals surface area contributed by atoms with E-state index >= 15 is 0 Å². The van der Waals surface area contributed by atoms with Crippen LogP contribution in [-0.2, 0) is 9.59 Å². The number of rotatable bonds is 3. The van der Waals surface area contributed by atoms with Crippen LogP contribution in [-0.4, -0.2) is 16.8 Å². The number of hydrogen-bond acceptors (Lipinski definition) is 4. The van der Waals surface area contributed by atoms with Crippen molar-refractivity contribution in [1.82, 2.24) is 0 Å². The number of Topliss-reactive ketones (excluding diaryl/α,β-unsaturated/α-hetero) is 1. The Hall–Kier alpha value is -2.82. The highest BCUT2D eigenvalue weighted by Gasteiger charge is 2.48. The summed E-state index contributed by atoms with van der Waals surface area (Å²) in [5.74, 6) is -0.252. The average molecular weight is 367 g/mol. The molecule has 1 atom stereocenters. The highest BCUT2D eigenvalue weighted by Crippen LogP contribution is 2.44. The van der Waals surface area contributed by atoms with E-state index in [9.17, 15) is 14.7 Å². The second-order valence-corrected chi connectivity index (χ2v) is 8.14. The molecule has 5 nitrogen and oxygen atoms in total. The molecule has 0 bridgehead atoms. The Balaban J connectivity index is 2.20. The van der Waals surface area contributed by atoms with Crippen molar-refractivity contribution in [2.24, 2.45) is 5.41 Å². The van der Waals surface area contributed by atoms with Crippen LogP contribution >= 0.6 is 0 Å². The number of aryl methyl sites for hydroxylation is 3. The van der Waals surface area contributed by atoms with Crippen LogP contribution in [0.3, 0.4) is 0 Å². The first kappa shape index (κ1) is 19.0. The molecular weight excluding hydrogens is 342 g/mol. The molecule has 1 N–H and O–H groups in total. The van der Waals surface area contributed by atoms with Crippen LogP contribution in [0.4, 0.5) is 5.69 Å². The minimum atomic E-state index is -0.792. The van der Waals surface area contributed by atoms with Gasteiger partial charge in [-0.15, -0.1) is 0 Å². The van der Waals surface area contributed by atoms with E-state index in [1.807, 2.05) is 32.0 Å². The number of furan rings is 1. The fraction of sp³-hybridized carbons (Fsp3) is 0.364. The Labute approximate surface area is 159 Å². The standard InChI is InChI=1S/C22H25NO4/c1-12-7-9-15(11-13(12)2)23-18(16-10-8-14(3)27-16)17(19(24)21(23)26)20(25)22(4,5)6/h7-11,18,24H,1-6H3. The van der Waals surface area contributed by atoms with Gasteiger partial charge in [-0.3, -0.25) is 14.5 Å². The highest BCUT2D eigenvalue weighted by atomic mass is 16.3. The van der Waals surface area contributed by atoms with Gasteiger partial charge in [0.15, 0.2) is 11.5 Å². The second-order valence-electron chi connectivity index (χ2n) is 8.14. The predicted molar refractivity (Wildman–Crippen MR) is 104 cm³/mol. The average Bonchev–Trinajstić information content (AvgIpc) is 3.11. The number of carbonyl (C=O) groups is 2. The normalized spacial score (nSPS) is 17.8. The van der Waals surface area contributed by atoms with E-state index in [0.29, 0.717) is 17.2 Å². The van der Waals surface area contributed by atoms with E-state index in [1.165, 1.54) is 4.90 Å². The third-order valence-corrected chi connectivity index (χ3v) is 4.93. The van der Waals surface area contributed by atoms with Gasteiger partial charge >= 0.3 is 0 Å². The van der Waals surface area contributed by atoms with Gasteiger partial charge in [0, 0.05) is 11.1 Å². The van der Waals surface area contributed by atoms with Gasteiger partial charge in [0.2, 0.25) is 0 Å². The largest absolute Gasteiger partial charge is 0.503 e. The number of ketones is 1. The van der Waals surface area contributed by atoms with Gasteiger partial charge in [0.05, 0.1) is 5.57 Å². The Morgan fingerprint density at radius 3 is 2.26 bits per heavy atom. The zero-order valence-corrected chi connectivity index (χ0v) is 16.6. The summed E-state index contributed by atoms with van der Waals surface area (Å²) in [6, 6.07) is 8.36. The quantitative estimate of drug-likeness (QED) is 0.852. The predicted octanol–water partition coefficient (Wildman–Crippen LogP) is 4.72. The van der Waals surface area contributed by atoms with Gasteiger partial charge in [-0.05, 0) is 56.2 Å². The molecule has 3 rings (SSSR count). The number of nitrogens with zero attached hydrogens (tertiary/aromatic N) is 1. The highest BCUT2D eigenvalue weighted by molar-refractivity contribution is 6.17. The Morgan fingerprint density at radius 2 is 1.74 bits per heavy atom. The lowest BCUT2D eigenvalue weighted by atomic mass is 9.83. The van der Waals surface area contributed by atoms with Crippen LogP contribution in [0.15, 0.2) is 46.1 Å². The molecule has 1 aliphatic rings. The number of amides is 1. The molecule has 0 radical (unpaired) electrons. The molecule has 5 heteroatoms. The summed E-state index contributed by atoms with van der Waals surface area (Å²) in [5, 5.41) is 10.6. The molecule has 1 unspecified atom stereocenters. The monoisotopic (exact) mass is 367 g/mol. The van der Waals surface area contributed by atoms with E-state index in [1.54, 1.807) is 39.8 Å². The zero-order valence-electron chi connectivity index (χ0n) is 16.6. The van der Waals surface area contributed by atoms with Gasteiger partial charge in [-0.1, -0.05) is 26.8 Å². The Morgan fingerprint density at radius 1 is 1.07 bits per heavy atom. The van der Waals surface area contributed by atoms with Crippen molar-refractivity contribution in [2.75, 3.05) is 4.90 Å². The van der Waals surface area contributed by atoms with Gasteiger partial charge in [0.25, 0.3) is 5.91 Å². The lowest BCUT2D eigenvalue weighted by Gasteiger charge is -2.27. The number of anilines is 1. The summed E-state index contributed by atoms with van der Waals surface area (Å²) in [6.07, 6.45) is 0. The third kappa shape index (κ3) is 3.18. The molecule has 142 valence electrons. The van der Waals surface area contributed by atoms with E-state index in [-0.39, 0.29) is 11.4 Å². The van der Waals surface area contributed by atoms with Crippen molar-refractivity contribution >= 4 is 17.4 Å². The maximum absolute atomic E-state index is 13.1. The summed E-state index contributed by atoms with van der Waals surface area (Å²) in [7, 11) is 0. The second kappa shape index (κ2) is 6.41. The van der Waals surface area contributed by atoms with Gasteiger partial charge in [0.1, 0.15) is 17.6 Å². The summed E-state index contributed by atoms with van der Waals surface area (Å²) < 4.78 is 5.77. The molecule has 1 aromatic heterocycles. The van der Waals surface area contributed by atoms with Crippen LogP contribution in [0.2, 0.25) is 0 Å².